The Labute approximate surface area is 170 Å². The Balaban J connectivity index is 1.46. The Morgan fingerprint density at radius 1 is 1.17 bits per heavy atom. The van der Waals surface area contributed by atoms with Gasteiger partial charge in [-0.3, -0.25) is 4.79 Å². The standard InChI is InChI=1S/C24H24FNO3/c1-2-3-13-24(25)16-26(14-12-22(24)27)23(28)29-15-21-19-10-6-4-8-17(19)18-9-5-7-11-20(18)21/h2,4-11,21H,1,3,12-16H2. The fraction of sp³-hybridized carbons (Fsp3) is 0.333. The number of ketones is 1. The largest absolute Gasteiger partial charge is 0.448 e. The number of allylic oxidation sites excluding steroid dienone is 1. The molecule has 4 rings (SSSR count). The number of hydrogen-bond acceptors (Lipinski definition) is 3. The molecule has 4 nitrogen and oxygen atoms in total. The zero-order valence-corrected chi connectivity index (χ0v) is 16.3. The van der Waals surface area contributed by atoms with Crippen molar-refractivity contribution in [2.75, 3.05) is 19.7 Å². The lowest BCUT2D eigenvalue weighted by molar-refractivity contribution is -0.135. The van der Waals surface area contributed by atoms with Crippen LogP contribution in [0.1, 0.15) is 36.3 Å². The number of benzene rings is 2. The lowest BCUT2D eigenvalue weighted by Crippen LogP contribution is -2.53. The van der Waals surface area contributed by atoms with Gasteiger partial charge >= 0.3 is 6.09 Å². The predicted molar refractivity (Wildman–Crippen MR) is 110 cm³/mol. The molecule has 1 heterocycles. The van der Waals surface area contributed by atoms with E-state index in [-0.39, 0.29) is 38.5 Å². The first kappa shape index (κ1) is 19.4. The van der Waals surface area contributed by atoms with Gasteiger partial charge in [0.1, 0.15) is 6.61 Å². The Morgan fingerprint density at radius 2 is 1.79 bits per heavy atom. The van der Waals surface area contributed by atoms with E-state index in [9.17, 15) is 9.59 Å². The fourth-order valence-electron chi connectivity index (χ4n) is 4.32. The number of ether oxygens (including phenoxy) is 1. The van der Waals surface area contributed by atoms with Crippen LogP contribution >= 0.6 is 0 Å². The van der Waals surface area contributed by atoms with Crippen molar-refractivity contribution in [2.24, 2.45) is 0 Å². The third kappa shape index (κ3) is 3.57. The van der Waals surface area contributed by atoms with Crippen molar-refractivity contribution in [3.63, 3.8) is 0 Å². The molecule has 1 aliphatic heterocycles. The molecule has 0 aromatic heterocycles. The molecule has 29 heavy (non-hydrogen) atoms. The van der Waals surface area contributed by atoms with Crippen molar-refractivity contribution < 1.29 is 18.7 Å². The number of carbonyl (C=O) groups is 2. The van der Waals surface area contributed by atoms with Crippen LogP contribution in [0.5, 0.6) is 0 Å². The van der Waals surface area contributed by atoms with Crippen LogP contribution in [-0.4, -0.2) is 42.1 Å². The first-order chi connectivity index (χ1) is 14.0. The number of carbonyl (C=O) groups excluding carboxylic acids is 2. The average Bonchev–Trinajstić information content (AvgIpc) is 3.06. The van der Waals surface area contributed by atoms with Gasteiger partial charge in [0.15, 0.2) is 11.5 Å². The van der Waals surface area contributed by atoms with Gasteiger partial charge in [-0.1, -0.05) is 54.6 Å². The molecule has 1 unspecified atom stereocenters. The zero-order chi connectivity index (χ0) is 20.4. The first-order valence-electron chi connectivity index (χ1n) is 9.96. The highest BCUT2D eigenvalue weighted by Gasteiger charge is 2.44. The molecule has 0 saturated carbocycles. The monoisotopic (exact) mass is 393 g/mol. The summed E-state index contributed by atoms with van der Waals surface area (Å²) in [4.78, 5) is 26.0. The first-order valence-corrected chi connectivity index (χ1v) is 9.96. The van der Waals surface area contributed by atoms with E-state index in [4.69, 9.17) is 4.74 Å². The summed E-state index contributed by atoms with van der Waals surface area (Å²) in [6.45, 7) is 3.70. The van der Waals surface area contributed by atoms with Crippen molar-refractivity contribution in [3.05, 3.63) is 72.3 Å². The molecule has 2 aromatic rings. The van der Waals surface area contributed by atoms with Crippen molar-refractivity contribution >= 4 is 11.9 Å². The van der Waals surface area contributed by atoms with E-state index in [1.807, 2.05) is 24.3 Å². The molecule has 0 spiro atoms. The predicted octanol–water partition coefficient (Wildman–Crippen LogP) is 4.88. The number of halogens is 1. The molecule has 0 radical (unpaired) electrons. The number of piperidine rings is 1. The molecule has 1 amide bonds. The van der Waals surface area contributed by atoms with Gasteiger partial charge in [-0.05, 0) is 35.1 Å². The molecule has 2 aromatic carbocycles. The lowest BCUT2D eigenvalue weighted by atomic mass is 9.89. The maximum atomic E-state index is 15.1. The number of nitrogens with zero attached hydrogens (tertiary/aromatic N) is 1. The summed E-state index contributed by atoms with van der Waals surface area (Å²) in [5, 5.41) is 0. The number of fused-ring (bicyclic) bond motifs is 3. The van der Waals surface area contributed by atoms with Crippen molar-refractivity contribution in [1.29, 1.82) is 0 Å². The van der Waals surface area contributed by atoms with E-state index in [0.29, 0.717) is 6.42 Å². The van der Waals surface area contributed by atoms with E-state index in [2.05, 4.69) is 30.8 Å². The molecule has 0 bridgehead atoms. The second-order valence-electron chi connectivity index (χ2n) is 7.69. The van der Waals surface area contributed by atoms with Crippen molar-refractivity contribution in [1.82, 2.24) is 4.90 Å². The fourth-order valence-corrected chi connectivity index (χ4v) is 4.32. The smallest absolute Gasteiger partial charge is 0.409 e. The van der Waals surface area contributed by atoms with Gasteiger partial charge in [0.05, 0.1) is 6.54 Å². The van der Waals surface area contributed by atoms with Gasteiger partial charge in [0.25, 0.3) is 0 Å². The van der Waals surface area contributed by atoms with Gasteiger partial charge in [-0.25, -0.2) is 9.18 Å². The van der Waals surface area contributed by atoms with Crippen molar-refractivity contribution in [2.45, 2.75) is 30.8 Å². The third-order valence-corrected chi connectivity index (χ3v) is 5.89. The summed E-state index contributed by atoms with van der Waals surface area (Å²) in [6, 6.07) is 16.2. The number of alkyl halides is 1. The molecular formula is C24H24FNO3. The molecule has 2 aliphatic rings. The van der Waals surface area contributed by atoms with Gasteiger partial charge in [-0.15, -0.1) is 6.58 Å². The lowest BCUT2D eigenvalue weighted by Gasteiger charge is -2.35. The molecule has 1 fully saturated rings. The van der Waals surface area contributed by atoms with Crippen LogP contribution in [-0.2, 0) is 9.53 Å². The second-order valence-corrected chi connectivity index (χ2v) is 7.69. The highest BCUT2D eigenvalue weighted by Crippen LogP contribution is 2.44. The van der Waals surface area contributed by atoms with E-state index >= 15 is 4.39 Å². The van der Waals surface area contributed by atoms with Crippen LogP contribution in [0.4, 0.5) is 9.18 Å². The molecule has 1 atom stereocenters. The molecular weight excluding hydrogens is 369 g/mol. The van der Waals surface area contributed by atoms with Crippen LogP contribution in [0.15, 0.2) is 61.2 Å². The van der Waals surface area contributed by atoms with Gasteiger partial charge in [0.2, 0.25) is 0 Å². The van der Waals surface area contributed by atoms with Crippen molar-refractivity contribution in [3.8, 4) is 11.1 Å². The Kier molecular flexibility index (Phi) is 5.22. The minimum absolute atomic E-state index is 0.0117. The topological polar surface area (TPSA) is 46.6 Å². The van der Waals surface area contributed by atoms with Crippen LogP contribution in [0.2, 0.25) is 0 Å². The number of Topliss-reactive ketones (excluding diaryl/α,β-unsaturated/α-hetero) is 1. The van der Waals surface area contributed by atoms with E-state index in [1.165, 1.54) is 4.90 Å². The number of rotatable bonds is 5. The minimum Gasteiger partial charge on any atom is -0.448 e. The molecule has 1 saturated heterocycles. The summed E-state index contributed by atoms with van der Waals surface area (Å²) < 4.78 is 20.7. The van der Waals surface area contributed by atoms with Crippen LogP contribution in [0, 0.1) is 0 Å². The molecule has 1 aliphatic carbocycles. The summed E-state index contributed by atoms with van der Waals surface area (Å²) in [5.41, 5.74) is 2.54. The third-order valence-electron chi connectivity index (χ3n) is 5.89. The normalized spacial score (nSPS) is 20.9. The second kappa shape index (κ2) is 7.82. The quantitative estimate of drug-likeness (QED) is 0.680. The Morgan fingerprint density at radius 3 is 2.41 bits per heavy atom. The summed E-state index contributed by atoms with van der Waals surface area (Å²) in [6.07, 6.45) is 1.46. The van der Waals surface area contributed by atoms with Gasteiger partial charge < -0.3 is 9.64 Å². The summed E-state index contributed by atoms with van der Waals surface area (Å²) in [5.74, 6) is -0.490. The Hall–Kier alpha value is -2.95. The summed E-state index contributed by atoms with van der Waals surface area (Å²) in [7, 11) is 0. The number of hydrogen-bond donors (Lipinski definition) is 0. The number of likely N-dealkylation sites (tertiary alicyclic amines) is 1. The minimum atomic E-state index is -2.02. The molecule has 5 heteroatoms. The maximum Gasteiger partial charge on any atom is 0.409 e. The van der Waals surface area contributed by atoms with Crippen LogP contribution in [0.3, 0.4) is 0 Å². The SMILES string of the molecule is C=CCCC1(F)CN(C(=O)OCC2c3ccccc3-c3ccccc32)CCC1=O. The van der Waals surface area contributed by atoms with Crippen LogP contribution < -0.4 is 0 Å². The average molecular weight is 393 g/mol. The zero-order valence-electron chi connectivity index (χ0n) is 16.3. The summed E-state index contributed by atoms with van der Waals surface area (Å²) >= 11 is 0. The highest BCUT2D eigenvalue weighted by molar-refractivity contribution is 5.89. The molecule has 150 valence electrons. The van der Waals surface area contributed by atoms with E-state index in [0.717, 1.165) is 22.3 Å². The number of amides is 1. The van der Waals surface area contributed by atoms with E-state index < -0.39 is 17.5 Å². The van der Waals surface area contributed by atoms with E-state index in [1.54, 1.807) is 6.08 Å². The molecule has 0 N–H and O–H groups in total. The maximum absolute atomic E-state index is 15.1. The highest BCUT2D eigenvalue weighted by atomic mass is 19.1. The van der Waals surface area contributed by atoms with Crippen LogP contribution in [0.25, 0.3) is 11.1 Å². The van der Waals surface area contributed by atoms with Gasteiger partial charge in [0, 0.05) is 18.9 Å². The Bertz CT molecular complexity index is 911. The van der Waals surface area contributed by atoms with Gasteiger partial charge in [-0.2, -0.15) is 0 Å².